The second-order valence-corrected chi connectivity index (χ2v) is 4.36. The molecule has 1 heterocycles. The molecule has 0 saturated heterocycles. The molecule has 0 amide bonds. The summed E-state index contributed by atoms with van der Waals surface area (Å²) in [7, 11) is -3.08. The van der Waals surface area contributed by atoms with Crippen LogP contribution in [-0.2, 0) is 0 Å². The van der Waals surface area contributed by atoms with Gasteiger partial charge in [0.25, 0.3) is 0 Å². The lowest BCUT2D eigenvalue weighted by molar-refractivity contribution is 0.424. The first-order chi connectivity index (χ1) is 9.06. The SMILES string of the molecule is OB(O)c1ccc2c(c1)oc1ccc(B(O)O)cc12. The van der Waals surface area contributed by atoms with Gasteiger partial charge in [0.2, 0.25) is 0 Å². The summed E-state index contributed by atoms with van der Waals surface area (Å²) in [6.45, 7) is 0. The number of furan rings is 1. The average molecular weight is 256 g/mol. The van der Waals surface area contributed by atoms with Crippen LogP contribution in [0.25, 0.3) is 21.9 Å². The molecule has 0 bridgehead atoms. The van der Waals surface area contributed by atoms with E-state index < -0.39 is 14.2 Å². The van der Waals surface area contributed by atoms with Gasteiger partial charge in [0, 0.05) is 10.8 Å². The van der Waals surface area contributed by atoms with Gasteiger partial charge in [-0.05, 0) is 23.1 Å². The first-order valence-electron chi connectivity index (χ1n) is 5.74. The number of hydrogen-bond donors (Lipinski definition) is 4. The number of rotatable bonds is 2. The quantitative estimate of drug-likeness (QED) is 0.439. The van der Waals surface area contributed by atoms with E-state index in [1.54, 1.807) is 36.4 Å². The van der Waals surface area contributed by atoms with E-state index in [0.29, 0.717) is 22.1 Å². The Balaban J connectivity index is 2.27. The van der Waals surface area contributed by atoms with Gasteiger partial charge in [-0.1, -0.05) is 24.3 Å². The highest BCUT2D eigenvalue weighted by Gasteiger charge is 2.16. The molecule has 0 aliphatic heterocycles. The number of fused-ring (bicyclic) bond motifs is 3. The van der Waals surface area contributed by atoms with Crippen molar-refractivity contribution < 1.29 is 24.5 Å². The Hall–Kier alpha value is -1.79. The van der Waals surface area contributed by atoms with Crippen LogP contribution in [0.3, 0.4) is 0 Å². The van der Waals surface area contributed by atoms with Gasteiger partial charge in [-0.2, -0.15) is 0 Å². The Bertz CT molecular complexity index is 750. The molecule has 0 unspecified atom stereocenters. The minimum absolute atomic E-state index is 0.342. The maximum absolute atomic E-state index is 9.17. The van der Waals surface area contributed by atoms with Gasteiger partial charge in [0.15, 0.2) is 0 Å². The van der Waals surface area contributed by atoms with Gasteiger partial charge in [-0.15, -0.1) is 0 Å². The molecule has 3 aromatic rings. The normalized spacial score (nSPS) is 11.2. The summed E-state index contributed by atoms with van der Waals surface area (Å²) < 4.78 is 5.59. The zero-order valence-electron chi connectivity index (χ0n) is 9.82. The van der Waals surface area contributed by atoms with Crippen molar-refractivity contribution in [2.24, 2.45) is 0 Å². The van der Waals surface area contributed by atoms with E-state index in [1.807, 2.05) is 0 Å². The highest BCUT2D eigenvalue weighted by molar-refractivity contribution is 6.59. The minimum Gasteiger partial charge on any atom is -0.456 e. The molecule has 0 saturated carbocycles. The van der Waals surface area contributed by atoms with Crippen LogP contribution in [0.2, 0.25) is 0 Å². The summed E-state index contributed by atoms with van der Waals surface area (Å²) in [4.78, 5) is 0. The Morgan fingerprint density at radius 1 is 0.684 bits per heavy atom. The molecule has 0 fully saturated rings. The summed E-state index contributed by atoms with van der Waals surface area (Å²) >= 11 is 0. The molecular weight excluding hydrogens is 246 g/mol. The smallest absolute Gasteiger partial charge is 0.456 e. The third-order valence-electron chi connectivity index (χ3n) is 3.12. The van der Waals surface area contributed by atoms with E-state index in [2.05, 4.69) is 0 Å². The lowest BCUT2D eigenvalue weighted by atomic mass is 9.79. The van der Waals surface area contributed by atoms with Crippen molar-refractivity contribution in [1.82, 2.24) is 0 Å². The molecular formula is C12H10B2O5. The fourth-order valence-electron chi connectivity index (χ4n) is 2.13. The molecule has 0 aliphatic rings. The van der Waals surface area contributed by atoms with E-state index in [9.17, 15) is 0 Å². The fourth-order valence-corrected chi connectivity index (χ4v) is 2.13. The molecule has 0 spiro atoms. The molecule has 94 valence electrons. The van der Waals surface area contributed by atoms with Crippen LogP contribution in [0.4, 0.5) is 0 Å². The van der Waals surface area contributed by atoms with Gasteiger partial charge in [-0.3, -0.25) is 0 Å². The zero-order chi connectivity index (χ0) is 13.6. The summed E-state index contributed by atoms with van der Waals surface area (Å²) in [5.41, 5.74) is 1.84. The van der Waals surface area contributed by atoms with E-state index in [-0.39, 0.29) is 0 Å². The van der Waals surface area contributed by atoms with Gasteiger partial charge in [0.1, 0.15) is 11.2 Å². The van der Waals surface area contributed by atoms with Crippen LogP contribution < -0.4 is 10.9 Å². The number of benzene rings is 2. The predicted molar refractivity (Wildman–Crippen MR) is 73.4 cm³/mol. The first-order valence-corrected chi connectivity index (χ1v) is 5.74. The van der Waals surface area contributed by atoms with Crippen molar-refractivity contribution in [3.63, 3.8) is 0 Å². The molecule has 0 radical (unpaired) electrons. The van der Waals surface area contributed by atoms with Crippen molar-refractivity contribution in [1.29, 1.82) is 0 Å². The van der Waals surface area contributed by atoms with Gasteiger partial charge in [0.05, 0.1) is 0 Å². The summed E-state index contributed by atoms with van der Waals surface area (Å²) in [6.07, 6.45) is 0. The van der Waals surface area contributed by atoms with E-state index in [0.717, 1.165) is 10.8 Å². The molecule has 3 rings (SSSR count). The van der Waals surface area contributed by atoms with E-state index >= 15 is 0 Å². The molecule has 1 aromatic heterocycles. The Morgan fingerprint density at radius 3 is 2.00 bits per heavy atom. The largest absolute Gasteiger partial charge is 0.488 e. The predicted octanol–water partition coefficient (Wildman–Crippen LogP) is -1.05. The van der Waals surface area contributed by atoms with Crippen LogP contribution in [0.5, 0.6) is 0 Å². The average Bonchev–Trinajstić information content (AvgIpc) is 2.74. The monoisotopic (exact) mass is 256 g/mol. The van der Waals surface area contributed by atoms with Crippen LogP contribution in [-0.4, -0.2) is 34.3 Å². The standard InChI is InChI=1S/C12H10B2O5/c15-13(16)7-2-4-11-10(5-7)9-3-1-8(14(17)18)6-12(9)19-11/h1-6,15-18H. The Morgan fingerprint density at radius 2 is 1.32 bits per heavy atom. The molecule has 0 atom stereocenters. The highest BCUT2D eigenvalue weighted by atomic mass is 16.4. The summed E-state index contributed by atoms with van der Waals surface area (Å²) in [6, 6.07) is 9.71. The van der Waals surface area contributed by atoms with Gasteiger partial charge in [-0.25, -0.2) is 0 Å². The topological polar surface area (TPSA) is 94.1 Å². The molecule has 2 aromatic carbocycles. The molecule has 5 nitrogen and oxygen atoms in total. The zero-order valence-corrected chi connectivity index (χ0v) is 9.82. The molecule has 4 N–H and O–H groups in total. The second-order valence-electron chi connectivity index (χ2n) is 4.36. The fraction of sp³-hybridized carbons (Fsp3) is 0. The van der Waals surface area contributed by atoms with Gasteiger partial charge < -0.3 is 24.5 Å². The van der Waals surface area contributed by atoms with E-state index in [4.69, 9.17) is 24.5 Å². The van der Waals surface area contributed by atoms with Crippen molar-refractivity contribution >= 4 is 47.1 Å². The summed E-state index contributed by atoms with van der Waals surface area (Å²) in [5.74, 6) is 0. The maximum Gasteiger partial charge on any atom is 0.488 e. The first kappa shape index (κ1) is 12.3. The molecule has 19 heavy (non-hydrogen) atoms. The molecule has 0 aliphatic carbocycles. The minimum atomic E-state index is -1.55. The van der Waals surface area contributed by atoms with E-state index in [1.165, 1.54) is 0 Å². The lowest BCUT2D eigenvalue weighted by Crippen LogP contribution is -2.29. The second kappa shape index (κ2) is 4.40. The third-order valence-corrected chi connectivity index (χ3v) is 3.12. The van der Waals surface area contributed by atoms with Crippen molar-refractivity contribution in [2.75, 3.05) is 0 Å². The van der Waals surface area contributed by atoms with Crippen LogP contribution in [0, 0.1) is 0 Å². The number of hydrogen-bond acceptors (Lipinski definition) is 5. The third kappa shape index (κ3) is 2.02. The molecule has 7 heteroatoms. The van der Waals surface area contributed by atoms with Crippen molar-refractivity contribution in [3.05, 3.63) is 36.4 Å². The highest BCUT2D eigenvalue weighted by Crippen LogP contribution is 2.27. The lowest BCUT2D eigenvalue weighted by Gasteiger charge is -1.99. The Labute approximate surface area is 109 Å². The van der Waals surface area contributed by atoms with Crippen molar-refractivity contribution in [3.8, 4) is 0 Å². The summed E-state index contributed by atoms with van der Waals surface area (Å²) in [5, 5.41) is 38.1. The van der Waals surface area contributed by atoms with Crippen LogP contribution in [0.1, 0.15) is 0 Å². The van der Waals surface area contributed by atoms with Crippen molar-refractivity contribution in [2.45, 2.75) is 0 Å². The van der Waals surface area contributed by atoms with Crippen LogP contribution in [0.15, 0.2) is 40.8 Å². The Kier molecular flexibility index (Phi) is 2.83. The van der Waals surface area contributed by atoms with Crippen LogP contribution >= 0.6 is 0 Å². The van der Waals surface area contributed by atoms with Gasteiger partial charge >= 0.3 is 14.2 Å². The maximum atomic E-state index is 9.17.